The fourth-order valence-electron chi connectivity index (χ4n) is 1.29. The van der Waals surface area contributed by atoms with E-state index in [0.29, 0.717) is 26.4 Å². The highest BCUT2D eigenvalue weighted by molar-refractivity contribution is 4.94. The van der Waals surface area contributed by atoms with E-state index in [9.17, 15) is 0 Å². The van der Waals surface area contributed by atoms with Crippen molar-refractivity contribution in [2.45, 2.75) is 25.8 Å². The smallest absolute Gasteiger partial charge is 0.0847 e. The zero-order valence-corrected chi connectivity index (χ0v) is 10.7. The van der Waals surface area contributed by atoms with Crippen molar-refractivity contribution in [3.05, 3.63) is 11.9 Å². The minimum absolute atomic E-state index is 0.100. The van der Waals surface area contributed by atoms with Gasteiger partial charge in [-0.05, 0) is 6.92 Å². The fraction of sp³-hybridized carbons (Fsp3) is 0.667. The van der Waals surface area contributed by atoms with Crippen molar-refractivity contribution in [2.24, 2.45) is 5.73 Å². The van der Waals surface area contributed by atoms with Gasteiger partial charge in [-0.1, -0.05) is 0 Å². The minimum Gasteiger partial charge on any atom is -0.379 e. The molecule has 0 spiro atoms. The van der Waals surface area contributed by atoms with Crippen LogP contribution in [0.5, 0.6) is 0 Å². The van der Waals surface area contributed by atoms with E-state index in [0.717, 1.165) is 18.5 Å². The van der Waals surface area contributed by atoms with Crippen molar-refractivity contribution in [3.8, 4) is 11.8 Å². The lowest BCUT2D eigenvalue weighted by Crippen LogP contribution is -2.32. The first-order chi connectivity index (χ1) is 8.83. The molecule has 1 atom stereocenters. The van der Waals surface area contributed by atoms with Gasteiger partial charge in [0, 0.05) is 12.8 Å². The topological polar surface area (TPSA) is 86.0 Å². The molecule has 1 aromatic heterocycles. The Labute approximate surface area is 107 Å². The summed E-state index contributed by atoms with van der Waals surface area (Å²) < 4.78 is 10.8. The molecule has 6 nitrogen and oxygen atoms in total. The van der Waals surface area contributed by atoms with Crippen LogP contribution in [-0.2, 0) is 15.9 Å². The summed E-state index contributed by atoms with van der Waals surface area (Å²) in [5.74, 6) is 5.74. The number of rotatable bonds is 9. The highest BCUT2D eigenvalue weighted by Crippen LogP contribution is 1.92. The first kappa shape index (κ1) is 14.6. The van der Waals surface area contributed by atoms with Crippen molar-refractivity contribution < 1.29 is 9.47 Å². The van der Waals surface area contributed by atoms with E-state index in [1.54, 1.807) is 6.20 Å². The maximum atomic E-state index is 5.83. The summed E-state index contributed by atoms with van der Waals surface area (Å²) in [6.45, 7) is 4.00. The van der Waals surface area contributed by atoms with E-state index in [1.807, 2.05) is 6.92 Å². The molecular weight excluding hydrogens is 232 g/mol. The molecule has 0 aliphatic rings. The van der Waals surface area contributed by atoms with Gasteiger partial charge in [-0.2, -0.15) is 15.4 Å². The molecule has 1 unspecified atom stereocenters. The summed E-state index contributed by atoms with van der Waals surface area (Å²) in [6.07, 6.45) is 3.16. The Kier molecular flexibility index (Phi) is 7.80. The van der Waals surface area contributed by atoms with E-state index in [1.165, 1.54) is 0 Å². The largest absolute Gasteiger partial charge is 0.379 e. The third-order valence-corrected chi connectivity index (χ3v) is 2.18. The van der Waals surface area contributed by atoms with Crippen LogP contribution in [-0.4, -0.2) is 47.9 Å². The lowest BCUT2D eigenvalue weighted by atomic mass is 10.3. The molecule has 0 amide bonds. The fourth-order valence-corrected chi connectivity index (χ4v) is 1.29. The van der Waals surface area contributed by atoms with Gasteiger partial charge in [-0.15, -0.1) is 11.8 Å². The first-order valence-electron chi connectivity index (χ1n) is 5.98. The van der Waals surface area contributed by atoms with E-state index in [4.69, 9.17) is 15.2 Å². The van der Waals surface area contributed by atoms with Gasteiger partial charge < -0.3 is 15.2 Å². The summed E-state index contributed by atoms with van der Waals surface area (Å²) in [4.78, 5) is 0. The molecule has 0 aliphatic carbocycles. The monoisotopic (exact) mass is 252 g/mol. The highest BCUT2D eigenvalue weighted by Gasteiger charge is 2.03. The second-order valence-electron chi connectivity index (χ2n) is 3.80. The first-order valence-corrected chi connectivity index (χ1v) is 5.98. The number of aromatic nitrogens is 3. The van der Waals surface area contributed by atoms with Gasteiger partial charge in [-0.3, -0.25) is 0 Å². The van der Waals surface area contributed by atoms with Crippen molar-refractivity contribution in [3.63, 3.8) is 0 Å². The van der Waals surface area contributed by atoms with E-state index in [-0.39, 0.29) is 6.04 Å². The number of nitrogens with zero attached hydrogens (tertiary/aromatic N) is 2. The molecule has 0 bridgehead atoms. The van der Waals surface area contributed by atoms with E-state index >= 15 is 0 Å². The van der Waals surface area contributed by atoms with Crippen molar-refractivity contribution in [1.82, 2.24) is 15.4 Å². The quantitative estimate of drug-likeness (QED) is 0.481. The lowest BCUT2D eigenvalue weighted by Gasteiger charge is -2.11. The van der Waals surface area contributed by atoms with E-state index in [2.05, 4.69) is 27.3 Å². The molecule has 0 aromatic carbocycles. The van der Waals surface area contributed by atoms with Gasteiger partial charge >= 0.3 is 0 Å². The van der Waals surface area contributed by atoms with Crippen LogP contribution in [0.2, 0.25) is 0 Å². The van der Waals surface area contributed by atoms with Gasteiger partial charge in [-0.25, -0.2) is 0 Å². The Morgan fingerprint density at radius 2 is 2.17 bits per heavy atom. The van der Waals surface area contributed by atoms with Crippen molar-refractivity contribution >= 4 is 0 Å². The third-order valence-electron chi connectivity index (χ3n) is 2.18. The zero-order chi connectivity index (χ0) is 13.1. The van der Waals surface area contributed by atoms with Crippen LogP contribution in [0.3, 0.4) is 0 Å². The summed E-state index contributed by atoms with van der Waals surface area (Å²) in [7, 11) is 0. The molecule has 3 N–H and O–H groups in total. The molecule has 1 rings (SSSR count). The van der Waals surface area contributed by atoms with Crippen molar-refractivity contribution in [2.75, 3.05) is 26.4 Å². The van der Waals surface area contributed by atoms with Crippen LogP contribution in [0, 0.1) is 11.8 Å². The van der Waals surface area contributed by atoms with Gasteiger partial charge in [0.25, 0.3) is 0 Å². The Bertz CT molecular complexity index is 356. The molecule has 0 fully saturated rings. The maximum Gasteiger partial charge on any atom is 0.0847 e. The lowest BCUT2D eigenvalue weighted by molar-refractivity contribution is 0.0705. The summed E-state index contributed by atoms with van der Waals surface area (Å²) in [6, 6.07) is -0.100. The molecule has 0 saturated heterocycles. The van der Waals surface area contributed by atoms with Crippen molar-refractivity contribution in [1.29, 1.82) is 0 Å². The number of nitrogens with two attached hydrogens (primary N) is 1. The SMILES string of the molecule is CC#CCCOCC(N)COCCc1cn[nH]n1. The second-order valence-corrected chi connectivity index (χ2v) is 3.80. The minimum atomic E-state index is -0.100. The van der Waals surface area contributed by atoms with Crippen LogP contribution in [0.4, 0.5) is 0 Å². The normalized spacial score (nSPS) is 11.9. The van der Waals surface area contributed by atoms with Crippen LogP contribution in [0.1, 0.15) is 19.0 Å². The summed E-state index contributed by atoms with van der Waals surface area (Å²) in [5.41, 5.74) is 6.71. The number of aromatic amines is 1. The van der Waals surface area contributed by atoms with Crippen LogP contribution in [0.25, 0.3) is 0 Å². The molecule has 1 heterocycles. The molecular formula is C12H20N4O2. The number of ether oxygens (including phenoxy) is 2. The zero-order valence-electron chi connectivity index (χ0n) is 10.7. The predicted molar refractivity (Wildman–Crippen MR) is 67.8 cm³/mol. The maximum absolute atomic E-state index is 5.83. The molecule has 18 heavy (non-hydrogen) atoms. The van der Waals surface area contributed by atoms with Gasteiger partial charge in [0.15, 0.2) is 0 Å². The average Bonchev–Trinajstić information content (AvgIpc) is 2.87. The number of hydrogen-bond donors (Lipinski definition) is 2. The Morgan fingerprint density at radius 1 is 1.39 bits per heavy atom. The number of hydrogen-bond acceptors (Lipinski definition) is 5. The molecule has 0 saturated carbocycles. The van der Waals surface area contributed by atoms with Crippen LogP contribution < -0.4 is 5.73 Å². The molecule has 100 valence electrons. The standard InChI is InChI=1S/C12H20N4O2/c1-2-3-4-6-17-9-11(13)10-18-7-5-12-8-14-16-15-12/h8,11H,4-7,9-10,13H2,1H3,(H,14,15,16). The predicted octanol–water partition coefficient (Wildman–Crippen LogP) is 0.121. The number of nitrogens with one attached hydrogen (secondary N) is 1. The molecule has 6 heteroatoms. The molecule has 1 aromatic rings. The Hall–Kier alpha value is -1.42. The highest BCUT2D eigenvalue weighted by atomic mass is 16.5. The number of H-pyrrole nitrogens is 1. The summed E-state index contributed by atoms with van der Waals surface area (Å²) in [5, 5.41) is 10.2. The third kappa shape index (κ3) is 7.01. The second kappa shape index (κ2) is 9.59. The average molecular weight is 252 g/mol. The van der Waals surface area contributed by atoms with E-state index < -0.39 is 0 Å². The molecule has 0 aliphatic heterocycles. The van der Waals surface area contributed by atoms with Gasteiger partial charge in [0.2, 0.25) is 0 Å². The van der Waals surface area contributed by atoms with Gasteiger partial charge in [0.1, 0.15) is 0 Å². The van der Waals surface area contributed by atoms with Crippen LogP contribution in [0.15, 0.2) is 6.20 Å². The summed E-state index contributed by atoms with van der Waals surface area (Å²) >= 11 is 0. The molecule has 0 radical (unpaired) electrons. The Balaban J connectivity index is 1.92. The van der Waals surface area contributed by atoms with Gasteiger partial charge in [0.05, 0.1) is 44.4 Å². The Morgan fingerprint density at radius 3 is 2.83 bits per heavy atom. The van der Waals surface area contributed by atoms with Crippen LogP contribution >= 0.6 is 0 Å².